The lowest BCUT2D eigenvalue weighted by molar-refractivity contribution is 0.669. The van der Waals surface area contributed by atoms with E-state index in [1.807, 2.05) is 11.8 Å². The molecule has 1 unspecified atom stereocenters. The van der Waals surface area contributed by atoms with Crippen LogP contribution in [0.3, 0.4) is 0 Å². The Morgan fingerprint density at radius 1 is 0.413 bits per heavy atom. The number of para-hydroxylation sites is 3. The van der Waals surface area contributed by atoms with Gasteiger partial charge in [0.1, 0.15) is 11.2 Å². The second-order valence-corrected chi connectivity index (χ2v) is 17.8. The van der Waals surface area contributed by atoms with E-state index in [1.165, 1.54) is 75.7 Å². The fraction of sp³-hybridized carbons (Fsp3) is 0.0169. The van der Waals surface area contributed by atoms with Crippen molar-refractivity contribution >= 4 is 83.3 Å². The van der Waals surface area contributed by atoms with Crippen molar-refractivity contribution in [2.75, 3.05) is 4.90 Å². The summed E-state index contributed by atoms with van der Waals surface area (Å²) in [5, 5.41) is 7.21. The highest BCUT2D eigenvalue weighted by atomic mass is 32.2. The highest BCUT2D eigenvalue weighted by Crippen LogP contribution is 2.62. The normalized spacial score (nSPS) is 15.0. The average molecular weight is 821 g/mol. The van der Waals surface area contributed by atoms with Gasteiger partial charge in [0.2, 0.25) is 0 Å². The Balaban J connectivity index is 1.06. The van der Waals surface area contributed by atoms with Crippen LogP contribution in [-0.2, 0) is 5.41 Å². The summed E-state index contributed by atoms with van der Waals surface area (Å²) < 4.78 is 8.94. The fourth-order valence-electron chi connectivity index (χ4n) is 11.1. The molecule has 0 radical (unpaired) electrons. The molecule has 1 aliphatic carbocycles. The van der Waals surface area contributed by atoms with Crippen molar-refractivity contribution in [3.8, 4) is 16.8 Å². The predicted molar refractivity (Wildman–Crippen MR) is 262 cm³/mol. The number of hydrogen-bond acceptors (Lipinski definition) is 3. The molecule has 0 saturated carbocycles. The number of rotatable bonds is 4. The quantitative estimate of drug-likeness (QED) is 0.176. The highest BCUT2D eigenvalue weighted by molar-refractivity contribution is 7.99. The smallest absolute Gasteiger partial charge is 0.137 e. The Kier molecular flexibility index (Phi) is 7.26. The van der Waals surface area contributed by atoms with E-state index in [1.54, 1.807) is 0 Å². The van der Waals surface area contributed by atoms with Crippen molar-refractivity contribution in [3.05, 3.63) is 241 Å². The lowest BCUT2D eigenvalue weighted by Gasteiger charge is -2.46. The first-order valence-corrected chi connectivity index (χ1v) is 22.4. The summed E-state index contributed by atoms with van der Waals surface area (Å²) in [5.74, 6) is 0. The molecule has 0 saturated heterocycles. The maximum Gasteiger partial charge on any atom is 0.137 e. The highest BCUT2D eigenvalue weighted by Gasteiger charge is 2.48. The molecule has 2 aromatic heterocycles. The van der Waals surface area contributed by atoms with Gasteiger partial charge in [-0.05, 0) is 117 Å². The van der Waals surface area contributed by atoms with Gasteiger partial charge in [-0.1, -0.05) is 157 Å². The third-order valence-corrected chi connectivity index (χ3v) is 14.8. The predicted octanol–water partition coefficient (Wildman–Crippen LogP) is 16.1. The summed E-state index contributed by atoms with van der Waals surface area (Å²) in [6, 6.07) is 80.4. The molecule has 3 heterocycles. The zero-order valence-electron chi connectivity index (χ0n) is 34.0. The van der Waals surface area contributed by atoms with Gasteiger partial charge in [-0.2, -0.15) is 0 Å². The van der Waals surface area contributed by atoms with Crippen LogP contribution in [0.1, 0.15) is 22.3 Å². The zero-order chi connectivity index (χ0) is 41.2. The third-order valence-electron chi connectivity index (χ3n) is 13.6. The van der Waals surface area contributed by atoms with E-state index in [-0.39, 0.29) is 0 Å². The summed E-state index contributed by atoms with van der Waals surface area (Å²) in [4.78, 5) is 4.98. The molecule has 2 aliphatic rings. The molecule has 294 valence electrons. The van der Waals surface area contributed by atoms with Gasteiger partial charge < -0.3 is 13.9 Å². The second kappa shape index (κ2) is 13.1. The van der Waals surface area contributed by atoms with Gasteiger partial charge in [-0.25, -0.2) is 0 Å². The van der Waals surface area contributed by atoms with Crippen molar-refractivity contribution in [3.63, 3.8) is 0 Å². The lowest BCUT2D eigenvalue weighted by Crippen LogP contribution is -2.36. The fourth-order valence-corrected chi connectivity index (χ4v) is 12.4. The second-order valence-electron chi connectivity index (χ2n) is 16.8. The molecular weight excluding hydrogens is 785 g/mol. The average Bonchev–Trinajstić information content (AvgIpc) is 3.89. The maximum absolute atomic E-state index is 6.56. The molecule has 1 aliphatic heterocycles. The number of furan rings is 1. The number of aromatic nitrogens is 1. The number of anilines is 3. The molecule has 0 fully saturated rings. The van der Waals surface area contributed by atoms with Gasteiger partial charge in [0.05, 0.1) is 27.5 Å². The molecule has 10 aromatic carbocycles. The monoisotopic (exact) mass is 820 g/mol. The van der Waals surface area contributed by atoms with Gasteiger partial charge in [0.25, 0.3) is 0 Å². The molecule has 1 spiro atoms. The van der Waals surface area contributed by atoms with E-state index in [0.29, 0.717) is 0 Å². The largest absolute Gasteiger partial charge is 0.456 e. The van der Waals surface area contributed by atoms with E-state index in [0.717, 1.165) is 44.7 Å². The Hall–Kier alpha value is -7.79. The Morgan fingerprint density at radius 3 is 1.98 bits per heavy atom. The van der Waals surface area contributed by atoms with Crippen LogP contribution in [0.5, 0.6) is 0 Å². The van der Waals surface area contributed by atoms with E-state index in [2.05, 4.69) is 228 Å². The molecule has 0 N–H and O–H groups in total. The standard InChI is InChI=1S/C59H36N2OS/c1-2-17-38(18-3-1)61-50-26-9-5-20-42(50)45-35-39(32-34-51(45)61)60(52-27-14-29-54-58(52)44-21-6-10-28-53(44)62-54)40-31-33-48-56(36-40)63-55-30-11-8-24-47(55)59(48)46-23-7-4-19-41(46)43-22-12-15-37-16-13-25-49(59)57(37)43/h1-36H. The summed E-state index contributed by atoms with van der Waals surface area (Å²) in [6.45, 7) is 0. The van der Waals surface area contributed by atoms with Gasteiger partial charge >= 0.3 is 0 Å². The van der Waals surface area contributed by atoms with E-state index in [9.17, 15) is 0 Å². The number of nitrogens with zero attached hydrogens (tertiary/aromatic N) is 2. The van der Waals surface area contributed by atoms with Gasteiger partial charge in [0.15, 0.2) is 0 Å². The first-order valence-electron chi connectivity index (χ1n) is 21.6. The lowest BCUT2D eigenvalue weighted by atomic mass is 9.59. The van der Waals surface area contributed by atoms with Crippen LogP contribution in [-0.4, -0.2) is 4.57 Å². The first kappa shape index (κ1) is 34.9. The van der Waals surface area contributed by atoms with Crippen molar-refractivity contribution in [2.24, 2.45) is 0 Å². The molecule has 14 rings (SSSR count). The van der Waals surface area contributed by atoms with E-state index >= 15 is 0 Å². The molecule has 63 heavy (non-hydrogen) atoms. The molecule has 3 nitrogen and oxygen atoms in total. The minimum Gasteiger partial charge on any atom is -0.456 e. The summed E-state index contributed by atoms with van der Waals surface area (Å²) in [7, 11) is 0. The molecular formula is C59H36N2OS. The summed E-state index contributed by atoms with van der Waals surface area (Å²) in [6.07, 6.45) is 0. The number of fused-ring (bicyclic) bond motifs is 14. The summed E-state index contributed by atoms with van der Waals surface area (Å²) in [5.41, 5.74) is 15.8. The summed E-state index contributed by atoms with van der Waals surface area (Å²) >= 11 is 1.88. The van der Waals surface area contributed by atoms with Crippen LogP contribution in [0.4, 0.5) is 17.1 Å². The van der Waals surface area contributed by atoms with E-state index < -0.39 is 5.41 Å². The van der Waals surface area contributed by atoms with Gasteiger partial charge in [0, 0.05) is 43.0 Å². The van der Waals surface area contributed by atoms with E-state index in [4.69, 9.17) is 4.42 Å². The van der Waals surface area contributed by atoms with Crippen LogP contribution < -0.4 is 4.90 Å². The molecule has 0 bridgehead atoms. The number of benzene rings is 10. The Morgan fingerprint density at radius 2 is 1.06 bits per heavy atom. The molecule has 12 aromatic rings. The van der Waals surface area contributed by atoms with Crippen LogP contribution in [0.25, 0.3) is 71.3 Å². The third kappa shape index (κ3) is 4.76. The molecule has 4 heteroatoms. The van der Waals surface area contributed by atoms with Crippen LogP contribution in [0, 0.1) is 0 Å². The minimum absolute atomic E-state index is 0.524. The maximum atomic E-state index is 6.56. The molecule has 1 atom stereocenters. The topological polar surface area (TPSA) is 21.3 Å². The van der Waals surface area contributed by atoms with Crippen molar-refractivity contribution in [1.29, 1.82) is 0 Å². The first-order chi connectivity index (χ1) is 31.3. The Bertz CT molecular complexity index is 3860. The van der Waals surface area contributed by atoms with Crippen LogP contribution >= 0.6 is 11.8 Å². The van der Waals surface area contributed by atoms with Crippen molar-refractivity contribution in [2.45, 2.75) is 15.2 Å². The SMILES string of the molecule is c1ccc(-n2c3ccccc3c3cc(N(c4ccc5c(c4)Sc4ccccc4C54c5ccccc5-c5cccc6cccc4c56)c4cccc5oc6ccccc6c45)ccc32)cc1. The van der Waals surface area contributed by atoms with Gasteiger partial charge in [-0.3, -0.25) is 0 Å². The van der Waals surface area contributed by atoms with Crippen LogP contribution in [0.2, 0.25) is 0 Å². The van der Waals surface area contributed by atoms with Gasteiger partial charge in [-0.15, -0.1) is 0 Å². The van der Waals surface area contributed by atoms with Crippen LogP contribution in [0.15, 0.2) is 233 Å². The van der Waals surface area contributed by atoms with Crippen molar-refractivity contribution in [1.82, 2.24) is 4.57 Å². The molecule has 0 amide bonds. The number of hydrogen-bond donors (Lipinski definition) is 0. The zero-order valence-corrected chi connectivity index (χ0v) is 34.8. The van der Waals surface area contributed by atoms with Crippen molar-refractivity contribution < 1.29 is 4.42 Å². The Labute approximate surface area is 368 Å². The minimum atomic E-state index is -0.524.